The molecule has 1 aliphatic heterocycles. The maximum absolute atomic E-state index is 12.1. The number of furan rings is 1. The minimum Gasteiger partial charge on any atom is -0.465 e. The topological polar surface area (TPSA) is 71.3 Å². The average Bonchev–Trinajstić information content (AvgIpc) is 3.14. The van der Waals surface area contributed by atoms with Crippen molar-refractivity contribution in [2.75, 3.05) is 26.2 Å². The van der Waals surface area contributed by atoms with E-state index in [9.17, 15) is 4.79 Å². The van der Waals surface area contributed by atoms with Gasteiger partial charge in [0.05, 0.1) is 18.2 Å². The lowest BCUT2D eigenvalue weighted by atomic mass is 9.98. The average molecular weight is 340 g/mol. The van der Waals surface area contributed by atoms with Crippen molar-refractivity contribution in [2.24, 2.45) is 5.92 Å². The van der Waals surface area contributed by atoms with E-state index in [1.807, 2.05) is 25.1 Å². The summed E-state index contributed by atoms with van der Waals surface area (Å²) in [4.78, 5) is 22.8. The number of likely N-dealkylation sites (tertiary alicyclic amines) is 1. The summed E-state index contributed by atoms with van der Waals surface area (Å²) < 4.78 is 5.29. The largest absolute Gasteiger partial charge is 0.465 e. The van der Waals surface area contributed by atoms with Gasteiger partial charge in [0.1, 0.15) is 11.5 Å². The number of amides is 1. The van der Waals surface area contributed by atoms with Crippen molar-refractivity contribution >= 4 is 12.0 Å². The van der Waals surface area contributed by atoms with Gasteiger partial charge in [-0.2, -0.15) is 0 Å². The SMILES string of the molecule is Cc1cnc(C(=O)NC[C@H]2CCCN(C/C=C/c3ccco3)C2)cn1. The number of aromatic nitrogens is 2. The molecular weight excluding hydrogens is 316 g/mol. The number of piperidine rings is 1. The van der Waals surface area contributed by atoms with E-state index >= 15 is 0 Å². The van der Waals surface area contributed by atoms with Gasteiger partial charge in [-0.25, -0.2) is 4.98 Å². The van der Waals surface area contributed by atoms with Crippen molar-refractivity contribution in [3.63, 3.8) is 0 Å². The Kier molecular flexibility index (Phi) is 5.95. The normalized spacial score (nSPS) is 18.5. The maximum atomic E-state index is 12.1. The fourth-order valence-corrected chi connectivity index (χ4v) is 3.03. The van der Waals surface area contributed by atoms with Crippen molar-refractivity contribution in [2.45, 2.75) is 19.8 Å². The summed E-state index contributed by atoms with van der Waals surface area (Å²) in [5.41, 5.74) is 1.18. The highest BCUT2D eigenvalue weighted by Crippen LogP contribution is 2.16. The van der Waals surface area contributed by atoms with E-state index < -0.39 is 0 Å². The number of hydrogen-bond donors (Lipinski definition) is 1. The minimum atomic E-state index is -0.151. The zero-order chi connectivity index (χ0) is 17.5. The van der Waals surface area contributed by atoms with E-state index in [1.165, 1.54) is 6.20 Å². The fraction of sp³-hybridized carbons (Fsp3) is 0.421. The Morgan fingerprint density at radius 3 is 3.12 bits per heavy atom. The van der Waals surface area contributed by atoms with Gasteiger partial charge in [0.15, 0.2) is 0 Å². The molecule has 3 heterocycles. The van der Waals surface area contributed by atoms with Crippen LogP contribution in [0.3, 0.4) is 0 Å². The predicted molar refractivity (Wildman–Crippen MR) is 96.0 cm³/mol. The molecule has 1 fully saturated rings. The molecule has 1 aliphatic rings. The van der Waals surface area contributed by atoms with Crippen molar-refractivity contribution in [1.29, 1.82) is 0 Å². The van der Waals surface area contributed by atoms with Crippen LogP contribution in [0.15, 0.2) is 41.3 Å². The number of nitrogens with zero attached hydrogens (tertiary/aromatic N) is 3. The van der Waals surface area contributed by atoms with Gasteiger partial charge in [-0.1, -0.05) is 6.08 Å². The van der Waals surface area contributed by atoms with Crippen LogP contribution >= 0.6 is 0 Å². The van der Waals surface area contributed by atoms with Gasteiger partial charge in [0, 0.05) is 25.8 Å². The molecule has 0 unspecified atom stereocenters. The van der Waals surface area contributed by atoms with E-state index in [0.29, 0.717) is 18.2 Å². The highest BCUT2D eigenvalue weighted by Gasteiger charge is 2.20. The molecule has 1 amide bonds. The Morgan fingerprint density at radius 2 is 2.36 bits per heavy atom. The Bertz CT molecular complexity index is 695. The summed E-state index contributed by atoms with van der Waals surface area (Å²) in [6.45, 7) is 5.51. The van der Waals surface area contributed by atoms with Gasteiger partial charge >= 0.3 is 0 Å². The fourth-order valence-electron chi connectivity index (χ4n) is 3.03. The zero-order valence-electron chi connectivity index (χ0n) is 14.5. The molecule has 132 valence electrons. The van der Waals surface area contributed by atoms with Crippen LogP contribution in [0.5, 0.6) is 0 Å². The van der Waals surface area contributed by atoms with Gasteiger partial charge in [-0.3, -0.25) is 14.7 Å². The van der Waals surface area contributed by atoms with Gasteiger partial charge in [0.2, 0.25) is 0 Å². The second-order valence-electron chi connectivity index (χ2n) is 6.44. The molecule has 0 aromatic carbocycles. The molecule has 0 radical (unpaired) electrons. The molecule has 0 saturated carbocycles. The number of carbonyl (C=O) groups is 1. The molecule has 2 aromatic rings. The second kappa shape index (κ2) is 8.58. The molecule has 0 spiro atoms. The first-order valence-electron chi connectivity index (χ1n) is 8.70. The van der Waals surface area contributed by atoms with Crippen molar-refractivity contribution < 1.29 is 9.21 Å². The van der Waals surface area contributed by atoms with Crippen LogP contribution in [-0.4, -0.2) is 47.0 Å². The monoisotopic (exact) mass is 340 g/mol. The van der Waals surface area contributed by atoms with E-state index in [-0.39, 0.29) is 5.91 Å². The van der Waals surface area contributed by atoms with Gasteiger partial charge in [-0.05, 0) is 50.4 Å². The molecule has 6 heteroatoms. The van der Waals surface area contributed by atoms with Crippen LogP contribution < -0.4 is 5.32 Å². The first-order chi connectivity index (χ1) is 12.2. The Labute approximate surface area is 148 Å². The third kappa shape index (κ3) is 5.26. The third-order valence-electron chi connectivity index (χ3n) is 4.36. The molecule has 1 saturated heterocycles. The Balaban J connectivity index is 1.43. The van der Waals surface area contributed by atoms with Crippen LogP contribution in [0.2, 0.25) is 0 Å². The zero-order valence-corrected chi connectivity index (χ0v) is 14.5. The van der Waals surface area contributed by atoms with Crippen molar-refractivity contribution in [1.82, 2.24) is 20.2 Å². The van der Waals surface area contributed by atoms with Crippen molar-refractivity contribution in [3.8, 4) is 0 Å². The summed E-state index contributed by atoms with van der Waals surface area (Å²) >= 11 is 0. The Hall–Kier alpha value is -2.47. The first kappa shape index (κ1) is 17.4. The van der Waals surface area contributed by atoms with Crippen LogP contribution in [0.25, 0.3) is 6.08 Å². The highest BCUT2D eigenvalue weighted by molar-refractivity contribution is 5.91. The summed E-state index contributed by atoms with van der Waals surface area (Å²) in [6.07, 6.45) is 11.2. The molecule has 1 atom stereocenters. The van der Waals surface area contributed by atoms with Crippen LogP contribution in [0.1, 0.15) is 34.8 Å². The molecule has 3 rings (SSSR count). The summed E-state index contributed by atoms with van der Waals surface area (Å²) in [7, 11) is 0. The van der Waals surface area contributed by atoms with Gasteiger partial charge in [-0.15, -0.1) is 0 Å². The van der Waals surface area contributed by atoms with Gasteiger partial charge < -0.3 is 9.73 Å². The number of nitrogens with one attached hydrogen (secondary N) is 1. The number of hydrogen-bond acceptors (Lipinski definition) is 5. The quantitative estimate of drug-likeness (QED) is 0.875. The minimum absolute atomic E-state index is 0.151. The predicted octanol–water partition coefficient (Wildman–Crippen LogP) is 2.53. The number of aryl methyl sites for hydroxylation is 1. The highest BCUT2D eigenvalue weighted by atomic mass is 16.3. The number of carbonyl (C=O) groups excluding carboxylic acids is 1. The molecular formula is C19H24N4O2. The van der Waals surface area contributed by atoms with Crippen LogP contribution in [-0.2, 0) is 0 Å². The van der Waals surface area contributed by atoms with Crippen LogP contribution in [0.4, 0.5) is 0 Å². The van der Waals surface area contributed by atoms with Gasteiger partial charge in [0.25, 0.3) is 5.91 Å². The van der Waals surface area contributed by atoms with E-state index in [0.717, 1.165) is 43.9 Å². The lowest BCUT2D eigenvalue weighted by molar-refractivity contribution is 0.0929. The smallest absolute Gasteiger partial charge is 0.271 e. The molecule has 6 nitrogen and oxygen atoms in total. The summed E-state index contributed by atoms with van der Waals surface area (Å²) in [5, 5.41) is 2.99. The molecule has 2 aromatic heterocycles. The van der Waals surface area contributed by atoms with E-state index in [2.05, 4.69) is 26.3 Å². The molecule has 0 aliphatic carbocycles. The third-order valence-corrected chi connectivity index (χ3v) is 4.36. The molecule has 25 heavy (non-hydrogen) atoms. The molecule has 0 bridgehead atoms. The standard InChI is InChI=1S/C19H24N4O2/c1-15-11-21-18(13-20-15)19(24)22-12-16-5-2-8-23(14-16)9-3-6-17-7-4-10-25-17/h3-4,6-7,10-11,13,16H,2,5,8-9,12,14H2,1H3,(H,22,24)/b6-3+/t16-/m1/s1. The lowest BCUT2D eigenvalue weighted by Crippen LogP contribution is -2.41. The second-order valence-corrected chi connectivity index (χ2v) is 6.44. The number of rotatable bonds is 6. The van der Waals surface area contributed by atoms with Crippen LogP contribution in [0, 0.1) is 12.8 Å². The Morgan fingerprint density at radius 1 is 1.44 bits per heavy atom. The maximum Gasteiger partial charge on any atom is 0.271 e. The van der Waals surface area contributed by atoms with Crippen molar-refractivity contribution in [3.05, 3.63) is 54.0 Å². The van der Waals surface area contributed by atoms with E-state index in [1.54, 1.807) is 12.5 Å². The van der Waals surface area contributed by atoms with E-state index in [4.69, 9.17) is 4.42 Å². The first-order valence-corrected chi connectivity index (χ1v) is 8.70. The lowest BCUT2D eigenvalue weighted by Gasteiger charge is -2.32. The summed E-state index contributed by atoms with van der Waals surface area (Å²) in [5.74, 6) is 1.19. The summed E-state index contributed by atoms with van der Waals surface area (Å²) in [6, 6.07) is 3.83. The molecule has 1 N–H and O–H groups in total.